The molecule has 3 N–H and O–H groups in total. The molecule has 1 amide bonds. The molecule has 0 spiro atoms. The maximum absolute atomic E-state index is 11.5. The maximum atomic E-state index is 11.5. The molecule has 0 aromatic heterocycles. The molecule has 124 valence electrons. The van der Waals surface area contributed by atoms with Crippen LogP contribution in [0.15, 0.2) is 0 Å². The van der Waals surface area contributed by atoms with Gasteiger partial charge in [0.15, 0.2) is 0 Å². The van der Waals surface area contributed by atoms with Gasteiger partial charge >= 0.3 is 5.97 Å². The standard InChI is InChI=1S/C15H30N2O3S/c1-20-14(18)9-7-5-3-2-4-6-8-11-17-15(19)13(16)10-12-21/h13,21H,2-12,16H2,1H3,(H,17,19). The molecule has 0 aliphatic carbocycles. The van der Waals surface area contributed by atoms with E-state index in [-0.39, 0.29) is 11.9 Å². The van der Waals surface area contributed by atoms with Gasteiger partial charge in [-0.3, -0.25) is 9.59 Å². The van der Waals surface area contributed by atoms with Crippen molar-refractivity contribution in [2.24, 2.45) is 5.73 Å². The van der Waals surface area contributed by atoms with E-state index in [0.717, 1.165) is 38.5 Å². The van der Waals surface area contributed by atoms with E-state index in [2.05, 4.69) is 22.7 Å². The van der Waals surface area contributed by atoms with Gasteiger partial charge in [-0.1, -0.05) is 32.1 Å². The second-order valence-electron chi connectivity index (χ2n) is 5.21. The van der Waals surface area contributed by atoms with Crippen LogP contribution in [0.1, 0.15) is 57.8 Å². The molecule has 6 heteroatoms. The number of carbonyl (C=O) groups excluding carboxylic acids is 2. The maximum Gasteiger partial charge on any atom is 0.305 e. The molecule has 0 heterocycles. The van der Waals surface area contributed by atoms with E-state index < -0.39 is 6.04 Å². The first-order chi connectivity index (χ1) is 10.1. The van der Waals surface area contributed by atoms with Gasteiger partial charge in [0.1, 0.15) is 0 Å². The number of esters is 1. The van der Waals surface area contributed by atoms with Crippen LogP contribution >= 0.6 is 12.6 Å². The van der Waals surface area contributed by atoms with Crippen molar-refractivity contribution in [3.8, 4) is 0 Å². The molecule has 0 aromatic carbocycles. The van der Waals surface area contributed by atoms with Gasteiger partial charge in [-0.25, -0.2) is 0 Å². The fourth-order valence-corrected chi connectivity index (χ4v) is 2.27. The molecule has 0 saturated heterocycles. The minimum Gasteiger partial charge on any atom is -0.469 e. The Labute approximate surface area is 133 Å². The zero-order valence-electron chi connectivity index (χ0n) is 13.1. The molecule has 0 aromatic rings. The van der Waals surface area contributed by atoms with Crippen LogP contribution in [0, 0.1) is 0 Å². The number of nitrogens with two attached hydrogens (primary N) is 1. The summed E-state index contributed by atoms with van der Waals surface area (Å²) in [4.78, 5) is 22.4. The minimum atomic E-state index is -0.433. The minimum absolute atomic E-state index is 0.0770. The van der Waals surface area contributed by atoms with Crippen molar-refractivity contribution in [2.45, 2.75) is 63.8 Å². The molecule has 1 unspecified atom stereocenters. The summed E-state index contributed by atoms with van der Waals surface area (Å²) in [6.45, 7) is 0.696. The van der Waals surface area contributed by atoms with Crippen molar-refractivity contribution in [3.05, 3.63) is 0 Å². The van der Waals surface area contributed by atoms with Crippen molar-refractivity contribution in [1.29, 1.82) is 0 Å². The number of nitrogens with one attached hydrogen (secondary N) is 1. The smallest absolute Gasteiger partial charge is 0.305 e. The predicted octanol–water partition coefficient (Wildman–Crippen LogP) is 2.04. The third-order valence-electron chi connectivity index (χ3n) is 3.36. The van der Waals surface area contributed by atoms with Gasteiger partial charge in [0.25, 0.3) is 0 Å². The van der Waals surface area contributed by atoms with Crippen LogP contribution in [0.3, 0.4) is 0 Å². The summed E-state index contributed by atoms with van der Waals surface area (Å²) in [5.74, 6) is 0.429. The molecule has 0 radical (unpaired) electrons. The topological polar surface area (TPSA) is 81.4 Å². The van der Waals surface area contributed by atoms with Crippen molar-refractivity contribution >= 4 is 24.5 Å². The Kier molecular flexibility index (Phi) is 13.7. The molecule has 0 rings (SSSR count). The van der Waals surface area contributed by atoms with Crippen LogP contribution in [-0.2, 0) is 14.3 Å². The Balaban J connectivity index is 3.26. The van der Waals surface area contributed by atoms with Crippen molar-refractivity contribution in [1.82, 2.24) is 5.32 Å². The summed E-state index contributed by atoms with van der Waals surface area (Å²) in [7, 11) is 1.42. The van der Waals surface area contributed by atoms with E-state index >= 15 is 0 Å². The SMILES string of the molecule is COC(=O)CCCCCCCCCNC(=O)C(N)CCS. The first kappa shape index (κ1) is 20.2. The molecule has 1 atom stereocenters. The largest absolute Gasteiger partial charge is 0.469 e. The number of hydrogen-bond acceptors (Lipinski definition) is 5. The second kappa shape index (κ2) is 14.2. The fourth-order valence-electron chi connectivity index (χ4n) is 1.99. The predicted molar refractivity (Wildman–Crippen MR) is 88.4 cm³/mol. The lowest BCUT2D eigenvalue weighted by Gasteiger charge is -2.10. The highest BCUT2D eigenvalue weighted by molar-refractivity contribution is 7.80. The Bertz CT molecular complexity index is 288. The first-order valence-corrected chi connectivity index (χ1v) is 8.46. The van der Waals surface area contributed by atoms with Gasteiger partial charge < -0.3 is 15.8 Å². The summed E-state index contributed by atoms with van der Waals surface area (Å²) in [6.07, 6.45) is 8.70. The summed E-state index contributed by atoms with van der Waals surface area (Å²) >= 11 is 4.06. The summed E-state index contributed by atoms with van der Waals surface area (Å²) in [6, 6.07) is -0.433. The van der Waals surface area contributed by atoms with Gasteiger partial charge in [-0.15, -0.1) is 0 Å². The lowest BCUT2D eigenvalue weighted by atomic mass is 10.1. The zero-order valence-corrected chi connectivity index (χ0v) is 14.0. The Hall–Kier alpha value is -0.750. The average molecular weight is 318 g/mol. The van der Waals surface area contributed by atoms with Gasteiger partial charge in [-0.2, -0.15) is 12.6 Å². The van der Waals surface area contributed by atoms with Gasteiger partial charge in [0, 0.05) is 13.0 Å². The molecule has 0 saturated carbocycles. The van der Waals surface area contributed by atoms with Crippen LogP contribution in [0.2, 0.25) is 0 Å². The Morgan fingerprint density at radius 2 is 1.67 bits per heavy atom. The van der Waals surface area contributed by atoms with Crippen LogP contribution in [0.25, 0.3) is 0 Å². The second-order valence-corrected chi connectivity index (χ2v) is 5.66. The van der Waals surface area contributed by atoms with Crippen LogP contribution in [-0.4, -0.2) is 37.3 Å². The average Bonchev–Trinajstić information content (AvgIpc) is 2.48. The third kappa shape index (κ3) is 12.7. The van der Waals surface area contributed by atoms with Crippen molar-refractivity contribution < 1.29 is 14.3 Å². The summed E-state index contributed by atoms with van der Waals surface area (Å²) in [5.41, 5.74) is 5.67. The first-order valence-electron chi connectivity index (χ1n) is 7.82. The fraction of sp³-hybridized carbons (Fsp3) is 0.867. The number of unbranched alkanes of at least 4 members (excludes halogenated alkanes) is 6. The van der Waals surface area contributed by atoms with E-state index in [1.807, 2.05) is 0 Å². The highest BCUT2D eigenvalue weighted by atomic mass is 32.1. The molecular weight excluding hydrogens is 288 g/mol. The zero-order chi connectivity index (χ0) is 15.9. The lowest BCUT2D eigenvalue weighted by Crippen LogP contribution is -2.41. The Morgan fingerprint density at radius 3 is 2.24 bits per heavy atom. The normalized spacial score (nSPS) is 12.0. The van der Waals surface area contributed by atoms with Crippen LogP contribution in [0.4, 0.5) is 0 Å². The highest BCUT2D eigenvalue weighted by Gasteiger charge is 2.10. The van der Waals surface area contributed by atoms with E-state index in [1.165, 1.54) is 13.5 Å². The van der Waals surface area contributed by atoms with E-state index in [0.29, 0.717) is 25.1 Å². The summed E-state index contributed by atoms with van der Waals surface area (Å²) < 4.78 is 4.59. The highest BCUT2D eigenvalue weighted by Crippen LogP contribution is 2.08. The Morgan fingerprint density at radius 1 is 1.10 bits per heavy atom. The lowest BCUT2D eigenvalue weighted by molar-refractivity contribution is -0.140. The van der Waals surface area contributed by atoms with Crippen LogP contribution < -0.4 is 11.1 Å². The molecule has 0 fully saturated rings. The quantitative estimate of drug-likeness (QED) is 0.276. The van der Waals surface area contributed by atoms with Crippen molar-refractivity contribution in [3.63, 3.8) is 0 Å². The molecule has 21 heavy (non-hydrogen) atoms. The number of rotatable bonds is 13. The van der Waals surface area contributed by atoms with E-state index in [9.17, 15) is 9.59 Å². The van der Waals surface area contributed by atoms with Gasteiger partial charge in [0.2, 0.25) is 5.91 Å². The summed E-state index contributed by atoms with van der Waals surface area (Å²) in [5, 5.41) is 2.85. The number of methoxy groups -OCH3 is 1. The number of carbonyl (C=O) groups is 2. The van der Waals surface area contributed by atoms with Gasteiger partial charge in [0.05, 0.1) is 13.2 Å². The number of hydrogen-bond donors (Lipinski definition) is 3. The molecule has 0 bridgehead atoms. The monoisotopic (exact) mass is 318 g/mol. The number of amides is 1. The van der Waals surface area contributed by atoms with E-state index in [1.54, 1.807) is 0 Å². The van der Waals surface area contributed by atoms with Crippen LogP contribution in [0.5, 0.6) is 0 Å². The molecule has 5 nitrogen and oxygen atoms in total. The molecule has 0 aliphatic rings. The van der Waals surface area contributed by atoms with E-state index in [4.69, 9.17) is 5.73 Å². The molecule has 0 aliphatic heterocycles. The van der Waals surface area contributed by atoms with Gasteiger partial charge in [-0.05, 0) is 25.0 Å². The van der Waals surface area contributed by atoms with Crippen molar-refractivity contribution in [2.75, 3.05) is 19.4 Å². The number of ether oxygens (including phenoxy) is 1. The number of thiol groups is 1. The molecular formula is C15H30N2O3S. The third-order valence-corrected chi connectivity index (χ3v) is 3.62.